The summed E-state index contributed by atoms with van der Waals surface area (Å²) in [7, 11) is 0. The predicted molar refractivity (Wildman–Crippen MR) is 86.8 cm³/mol. The Morgan fingerprint density at radius 1 is 1.06 bits per heavy atom. The highest BCUT2D eigenvalue weighted by molar-refractivity contribution is 7.99. The Morgan fingerprint density at radius 2 is 1.82 bits per heavy atom. The fraction of sp³-hybridized carbons (Fsp3) is 1.00. The van der Waals surface area contributed by atoms with Gasteiger partial charge in [-0.1, -0.05) is 26.2 Å². The zero-order valence-electron chi connectivity index (χ0n) is 11.2. The van der Waals surface area contributed by atoms with Gasteiger partial charge in [-0.25, -0.2) is 0 Å². The maximum atomic E-state index is 2.60. The molecule has 0 aromatic rings. The zero-order chi connectivity index (χ0) is 11.5. The number of unbranched alkanes of at least 4 members (excludes halogenated alkanes) is 4. The van der Waals surface area contributed by atoms with Crippen molar-refractivity contribution in [3.63, 3.8) is 0 Å². The molecule has 1 nitrogen and oxygen atoms in total. The second-order valence-corrected chi connectivity index (χ2v) is 6.83. The van der Waals surface area contributed by atoms with E-state index in [2.05, 4.69) is 35.3 Å². The van der Waals surface area contributed by atoms with Crippen LogP contribution < -0.4 is 0 Å². The summed E-state index contributed by atoms with van der Waals surface area (Å²) < 4.78 is 0. The van der Waals surface area contributed by atoms with E-state index in [0.717, 1.165) is 0 Å². The van der Waals surface area contributed by atoms with E-state index in [-0.39, 0.29) is 12.4 Å². The van der Waals surface area contributed by atoms with Crippen molar-refractivity contribution in [1.82, 2.24) is 4.90 Å². The van der Waals surface area contributed by atoms with E-state index >= 15 is 0 Å². The molecule has 0 amide bonds. The number of nitrogens with zero attached hydrogens (tertiary/aromatic N) is 1. The Kier molecular flexibility index (Phi) is 14.1. The maximum absolute atomic E-state index is 2.60. The highest BCUT2D eigenvalue weighted by Crippen LogP contribution is 2.14. The monoisotopic (exact) mass is 297 g/mol. The number of hydrogen-bond donors (Lipinski definition) is 0. The lowest BCUT2D eigenvalue weighted by Gasteiger charge is -2.12. The summed E-state index contributed by atoms with van der Waals surface area (Å²) in [4.78, 5) is 2.60. The molecule has 0 saturated carbocycles. The van der Waals surface area contributed by atoms with Crippen LogP contribution in [-0.4, -0.2) is 41.1 Å². The van der Waals surface area contributed by atoms with Crippen molar-refractivity contribution >= 4 is 35.9 Å². The molecule has 0 radical (unpaired) electrons. The second kappa shape index (κ2) is 13.4. The lowest BCUT2D eigenvalue weighted by Crippen LogP contribution is -2.20. The van der Waals surface area contributed by atoms with Gasteiger partial charge in [-0.3, -0.25) is 4.90 Å². The third-order valence-corrected chi connectivity index (χ3v) is 5.15. The van der Waals surface area contributed by atoms with Crippen molar-refractivity contribution in [2.45, 2.75) is 45.4 Å². The molecule has 4 heteroatoms. The molecule has 0 aliphatic carbocycles. The predicted octanol–water partition coefficient (Wildman–Crippen LogP) is 4.51. The van der Waals surface area contributed by atoms with Gasteiger partial charge in [0.15, 0.2) is 0 Å². The summed E-state index contributed by atoms with van der Waals surface area (Å²) in [6.07, 6.45) is 8.47. The first kappa shape index (κ1) is 17.9. The van der Waals surface area contributed by atoms with Crippen LogP contribution in [0.2, 0.25) is 0 Å². The first-order valence-electron chi connectivity index (χ1n) is 6.81. The molecule has 17 heavy (non-hydrogen) atoms. The molecule has 1 fully saturated rings. The normalized spacial score (nSPS) is 16.1. The standard InChI is InChI=1S/C13H27NS2.ClH/c1-2-3-6-10-15-11-7-4-5-8-14-9-12-16-13-14;/h2-13H2,1H3;1H. The lowest BCUT2D eigenvalue weighted by atomic mass is 10.2. The summed E-state index contributed by atoms with van der Waals surface area (Å²) in [6.45, 7) is 4.95. The Morgan fingerprint density at radius 3 is 2.47 bits per heavy atom. The van der Waals surface area contributed by atoms with Gasteiger partial charge in [0.05, 0.1) is 0 Å². The molecule has 1 aliphatic heterocycles. The molecule has 1 rings (SSSR count). The van der Waals surface area contributed by atoms with Crippen molar-refractivity contribution in [3.05, 3.63) is 0 Å². The van der Waals surface area contributed by atoms with Crippen molar-refractivity contribution in [2.24, 2.45) is 0 Å². The summed E-state index contributed by atoms with van der Waals surface area (Å²) in [6, 6.07) is 0. The minimum absolute atomic E-state index is 0. The van der Waals surface area contributed by atoms with Crippen LogP contribution in [0.25, 0.3) is 0 Å². The Labute approximate surface area is 122 Å². The summed E-state index contributed by atoms with van der Waals surface area (Å²) in [5.74, 6) is 5.41. The average molecular weight is 298 g/mol. The lowest BCUT2D eigenvalue weighted by molar-refractivity contribution is 0.346. The minimum Gasteiger partial charge on any atom is -0.293 e. The van der Waals surface area contributed by atoms with Crippen LogP contribution in [0.4, 0.5) is 0 Å². The first-order valence-corrected chi connectivity index (χ1v) is 9.12. The van der Waals surface area contributed by atoms with Crippen molar-refractivity contribution < 1.29 is 0 Å². The molecule has 0 unspecified atom stereocenters. The van der Waals surface area contributed by atoms with E-state index in [4.69, 9.17) is 0 Å². The molecule has 1 aliphatic rings. The summed E-state index contributed by atoms with van der Waals surface area (Å²) in [5.41, 5.74) is 0. The fourth-order valence-electron chi connectivity index (χ4n) is 1.90. The van der Waals surface area contributed by atoms with E-state index in [1.807, 2.05) is 0 Å². The average Bonchev–Trinajstić information content (AvgIpc) is 2.80. The van der Waals surface area contributed by atoms with Gasteiger partial charge in [-0.2, -0.15) is 11.8 Å². The molecule has 0 atom stereocenters. The van der Waals surface area contributed by atoms with Crippen molar-refractivity contribution in [2.75, 3.05) is 36.2 Å². The fourth-order valence-corrected chi connectivity index (χ4v) is 3.95. The molecule has 0 aromatic heterocycles. The molecule has 1 saturated heterocycles. The van der Waals surface area contributed by atoms with Gasteiger partial charge in [0.1, 0.15) is 0 Å². The Balaban J connectivity index is 0.00000256. The topological polar surface area (TPSA) is 3.24 Å². The number of hydrogen-bond acceptors (Lipinski definition) is 3. The Hall–Kier alpha value is 0.950. The molecule has 0 aromatic carbocycles. The smallest absolute Gasteiger partial charge is 0.0445 e. The van der Waals surface area contributed by atoms with Crippen LogP contribution in [0.15, 0.2) is 0 Å². The van der Waals surface area contributed by atoms with Crippen molar-refractivity contribution in [3.8, 4) is 0 Å². The third-order valence-electron chi connectivity index (χ3n) is 2.98. The van der Waals surface area contributed by atoms with E-state index < -0.39 is 0 Å². The summed E-state index contributed by atoms with van der Waals surface area (Å²) in [5, 5.41) is 0. The number of rotatable bonds is 10. The minimum atomic E-state index is 0. The third kappa shape index (κ3) is 10.5. The zero-order valence-corrected chi connectivity index (χ0v) is 13.6. The van der Waals surface area contributed by atoms with Gasteiger partial charge in [0.2, 0.25) is 0 Å². The van der Waals surface area contributed by atoms with Crippen LogP contribution in [0.1, 0.15) is 45.4 Å². The number of halogens is 1. The number of thioether (sulfide) groups is 2. The largest absolute Gasteiger partial charge is 0.293 e. The van der Waals surface area contributed by atoms with Gasteiger partial charge in [-0.15, -0.1) is 24.2 Å². The van der Waals surface area contributed by atoms with E-state index in [9.17, 15) is 0 Å². The molecular formula is C13H28ClNS2. The highest BCUT2D eigenvalue weighted by atomic mass is 35.5. The van der Waals surface area contributed by atoms with E-state index in [0.29, 0.717) is 0 Å². The van der Waals surface area contributed by atoms with Gasteiger partial charge < -0.3 is 0 Å². The van der Waals surface area contributed by atoms with Crippen LogP contribution in [0, 0.1) is 0 Å². The molecule has 1 heterocycles. The highest BCUT2D eigenvalue weighted by Gasteiger charge is 2.10. The molecule has 0 spiro atoms. The second-order valence-electron chi connectivity index (χ2n) is 4.54. The van der Waals surface area contributed by atoms with Crippen LogP contribution in [0.3, 0.4) is 0 Å². The Bertz CT molecular complexity index is 152. The van der Waals surface area contributed by atoms with E-state index in [1.54, 1.807) is 0 Å². The van der Waals surface area contributed by atoms with Crippen LogP contribution >= 0.6 is 35.9 Å². The van der Waals surface area contributed by atoms with Gasteiger partial charge in [0.25, 0.3) is 0 Å². The quantitative estimate of drug-likeness (QED) is 0.546. The van der Waals surface area contributed by atoms with Gasteiger partial charge in [0, 0.05) is 18.2 Å². The van der Waals surface area contributed by atoms with E-state index in [1.165, 1.54) is 74.7 Å². The SMILES string of the molecule is CCCCCSCCCCCN1CCSC1.Cl. The van der Waals surface area contributed by atoms with Crippen LogP contribution in [0.5, 0.6) is 0 Å². The molecule has 104 valence electrons. The molecule has 0 N–H and O–H groups in total. The summed E-state index contributed by atoms with van der Waals surface area (Å²) >= 11 is 4.24. The van der Waals surface area contributed by atoms with Crippen LogP contribution in [-0.2, 0) is 0 Å². The molecular weight excluding hydrogens is 270 g/mol. The van der Waals surface area contributed by atoms with Crippen molar-refractivity contribution in [1.29, 1.82) is 0 Å². The maximum Gasteiger partial charge on any atom is 0.0445 e. The molecule has 0 bridgehead atoms. The first-order chi connectivity index (χ1) is 7.93. The van der Waals surface area contributed by atoms with Gasteiger partial charge in [-0.05, 0) is 37.3 Å². The van der Waals surface area contributed by atoms with Gasteiger partial charge >= 0.3 is 0 Å².